The van der Waals surface area contributed by atoms with Crippen LogP contribution in [0.15, 0.2) is 36.4 Å². The zero-order chi connectivity index (χ0) is 17.4. The number of hydrogen-bond acceptors (Lipinski definition) is 4. The quantitative estimate of drug-likeness (QED) is 0.863. The van der Waals surface area contributed by atoms with Crippen LogP contribution in [0, 0.1) is 12.7 Å². The van der Waals surface area contributed by atoms with E-state index in [2.05, 4.69) is 27.7 Å². The number of aryl methyl sites for hydroxylation is 1. The summed E-state index contributed by atoms with van der Waals surface area (Å²) in [7, 11) is 0. The topological polar surface area (TPSA) is 44.4 Å². The van der Waals surface area contributed by atoms with E-state index in [9.17, 15) is 9.18 Å². The van der Waals surface area contributed by atoms with Gasteiger partial charge in [-0.2, -0.15) is 11.8 Å². The SMILES string of the molecule is Cc1cc(F)cc2c1NC(c1ccc(N3CCSCC3)cc1)NC2=O. The fourth-order valence-corrected chi connectivity index (χ4v) is 4.27. The van der Waals surface area contributed by atoms with Crippen LogP contribution in [0.1, 0.15) is 27.7 Å². The first-order chi connectivity index (χ1) is 12.1. The number of anilines is 2. The molecule has 2 aliphatic rings. The van der Waals surface area contributed by atoms with E-state index in [0.29, 0.717) is 11.3 Å². The Balaban J connectivity index is 1.57. The molecule has 0 radical (unpaired) electrons. The first-order valence-corrected chi connectivity index (χ1v) is 9.57. The normalized spacial score (nSPS) is 19.8. The number of halogens is 1. The van der Waals surface area contributed by atoms with Gasteiger partial charge in [-0.3, -0.25) is 4.79 Å². The fraction of sp³-hybridized carbons (Fsp3) is 0.316. The van der Waals surface area contributed by atoms with Crippen LogP contribution in [0.4, 0.5) is 15.8 Å². The minimum absolute atomic E-state index is 0.251. The zero-order valence-electron chi connectivity index (χ0n) is 14.0. The van der Waals surface area contributed by atoms with E-state index in [0.717, 1.165) is 35.7 Å². The summed E-state index contributed by atoms with van der Waals surface area (Å²) >= 11 is 1.99. The van der Waals surface area contributed by atoms with Crippen molar-refractivity contribution in [3.63, 3.8) is 0 Å². The Morgan fingerprint density at radius 2 is 1.84 bits per heavy atom. The van der Waals surface area contributed by atoms with Crippen LogP contribution in [0.5, 0.6) is 0 Å². The maximum absolute atomic E-state index is 13.6. The molecule has 2 aliphatic heterocycles. The number of amides is 1. The summed E-state index contributed by atoms with van der Waals surface area (Å²) in [5, 5.41) is 6.23. The summed E-state index contributed by atoms with van der Waals surface area (Å²) in [6.07, 6.45) is -0.310. The van der Waals surface area contributed by atoms with Gasteiger partial charge < -0.3 is 15.5 Å². The molecule has 6 heteroatoms. The molecule has 130 valence electrons. The number of fused-ring (bicyclic) bond motifs is 1. The number of nitrogens with one attached hydrogen (secondary N) is 2. The van der Waals surface area contributed by atoms with E-state index in [1.165, 1.54) is 17.8 Å². The predicted molar refractivity (Wildman–Crippen MR) is 101 cm³/mol. The molecule has 0 bridgehead atoms. The number of thioether (sulfide) groups is 1. The molecule has 1 unspecified atom stereocenters. The smallest absolute Gasteiger partial charge is 0.255 e. The van der Waals surface area contributed by atoms with E-state index in [4.69, 9.17) is 0 Å². The molecule has 0 aromatic heterocycles. The Kier molecular flexibility index (Phi) is 4.29. The van der Waals surface area contributed by atoms with Crippen molar-refractivity contribution in [1.82, 2.24) is 5.32 Å². The summed E-state index contributed by atoms with van der Waals surface area (Å²) in [5.41, 5.74) is 3.99. The Morgan fingerprint density at radius 1 is 1.12 bits per heavy atom. The molecule has 2 N–H and O–H groups in total. The molecule has 0 spiro atoms. The highest BCUT2D eigenvalue weighted by Gasteiger charge is 2.26. The molecule has 1 amide bonds. The van der Waals surface area contributed by atoms with Crippen molar-refractivity contribution in [3.8, 4) is 0 Å². The molecule has 2 aromatic carbocycles. The average Bonchev–Trinajstić information content (AvgIpc) is 2.63. The van der Waals surface area contributed by atoms with Crippen molar-refractivity contribution < 1.29 is 9.18 Å². The van der Waals surface area contributed by atoms with Gasteiger partial charge in [0.15, 0.2) is 0 Å². The highest BCUT2D eigenvalue weighted by atomic mass is 32.2. The molecular formula is C19H20FN3OS. The van der Waals surface area contributed by atoms with Crippen LogP contribution >= 0.6 is 11.8 Å². The molecule has 2 heterocycles. The van der Waals surface area contributed by atoms with Crippen molar-refractivity contribution in [3.05, 3.63) is 58.9 Å². The summed E-state index contributed by atoms with van der Waals surface area (Å²) < 4.78 is 13.6. The van der Waals surface area contributed by atoms with Crippen LogP contribution in [-0.2, 0) is 0 Å². The maximum Gasteiger partial charge on any atom is 0.255 e. The lowest BCUT2D eigenvalue weighted by atomic mass is 10.0. The molecule has 2 aromatic rings. The number of nitrogens with zero attached hydrogens (tertiary/aromatic N) is 1. The number of rotatable bonds is 2. The minimum Gasteiger partial charge on any atom is -0.370 e. The third-order valence-electron chi connectivity index (χ3n) is 4.71. The third-order valence-corrected chi connectivity index (χ3v) is 5.65. The lowest BCUT2D eigenvalue weighted by Crippen LogP contribution is -2.39. The first-order valence-electron chi connectivity index (χ1n) is 8.42. The van der Waals surface area contributed by atoms with Crippen molar-refractivity contribution >= 4 is 29.0 Å². The van der Waals surface area contributed by atoms with E-state index in [-0.39, 0.29) is 12.1 Å². The Labute approximate surface area is 150 Å². The van der Waals surface area contributed by atoms with E-state index >= 15 is 0 Å². The highest BCUT2D eigenvalue weighted by Crippen LogP contribution is 2.31. The molecule has 1 fully saturated rings. The van der Waals surface area contributed by atoms with Crippen LogP contribution < -0.4 is 15.5 Å². The minimum atomic E-state index is -0.393. The van der Waals surface area contributed by atoms with E-state index < -0.39 is 5.82 Å². The van der Waals surface area contributed by atoms with Gasteiger partial charge in [0.2, 0.25) is 0 Å². The van der Waals surface area contributed by atoms with Gasteiger partial charge in [0.25, 0.3) is 5.91 Å². The lowest BCUT2D eigenvalue weighted by Gasteiger charge is -2.31. The van der Waals surface area contributed by atoms with Crippen molar-refractivity contribution in [1.29, 1.82) is 0 Å². The van der Waals surface area contributed by atoms with Gasteiger partial charge in [-0.15, -0.1) is 0 Å². The van der Waals surface area contributed by atoms with Crippen LogP contribution in [0.3, 0.4) is 0 Å². The van der Waals surface area contributed by atoms with Crippen LogP contribution in [0.25, 0.3) is 0 Å². The molecule has 4 rings (SSSR count). The molecule has 0 saturated carbocycles. The first kappa shape index (κ1) is 16.3. The van der Waals surface area contributed by atoms with Crippen molar-refractivity contribution in [2.45, 2.75) is 13.1 Å². The molecule has 4 nitrogen and oxygen atoms in total. The van der Waals surface area contributed by atoms with Gasteiger partial charge in [0, 0.05) is 30.3 Å². The standard InChI is InChI=1S/C19H20FN3OS/c1-12-10-14(20)11-16-17(12)21-18(22-19(16)24)13-2-4-15(5-3-13)23-6-8-25-9-7-23/h2-5,10-11,18,21H,6-9H2,1H3,(H,22,24). The number of hydrogen-bond donors (Lipinski definition) is 2. The van der Waals surface area contributed by atoms with Gasteiger partial charge in [0.05, 0.1) is 11.3 Å². The number of carbonyl (C=O) groups excluding carboxylic acids is 1. The molecule has 25 heavy (non-hydrogen) atoms. The molecule has 0 aliphatic carbocycles. The summed E-state index contributed by atoms with van der Waals surface area (Å²) in [6, 6.07) is 11.0. The summed E-state index contributed by atoms with van der Waals surface area (Å²) in [5.74, 6) is 1.68. The second-order valence-electron chi connectivity index (χ2n) is 6.39. The lowest BCUT2D eigenvalue weighted by molar-refractivity contribution is 0.0935. The van der Waals surface area contributed by atoms with Crippen LogP contribution in [-0.4, -0.2) is 30.5 Å². The van der Waals surface area contributed by atoms with Crippen molar-refractivity contribution in [2.75, 3.05) is 34.8 Å². The molecule has 1 atom stereocenters. The van der Waals surface area contributed by atoms with Crippen LogP contribution in [0.2, 0.25) is 0 Å². The number of carbonyl (C=O) groups is 1. The van der Waals surface area contributed by atoms with Gasteiger partial charge in [-0.1, -0.05) is 12.1 Å². The van der Waals surface area contributed by atoms with Gasteiger partial charge in [0.1, 0.15) is 12.0 Å². The fourth-order valence-electron chi connectivity index (χ4n) is 3.37. The average molecular weight is 357 g/mol. The molecule has 1 saturated heterocycles. The third kappa shape index (κ3) is 3.18. The van der Waals surface area contributed by atoms with Crippen molar-refractivity contribution in [2.24, 2.45) is 0 Å². The summed E-state index contributed by atoms with van der Waals surface area (Å²) in [6.45, 7) is 3.95. The highest BCUT2D eigenvalue weighted by molar-refractivity contribution is 7.99. The monoisotopic (exact) mass is 357 g/mol. The zero-order valence-corrected chi connectivity index (χ0v) is 14.8. The predicted octanol–water partition coefficient (Wildman–Crippen LogP) is 3.54. The van der Waals surface area contributed by atoms with Gasteiger partial charge >= 0.3 is 0 Å². The Hall–Kier alpha value is -2.21. The maximum atomic E-state index is 13.6. The largest absolute Gasteiger partial charge is 0.370 e. The Bertz CT molecular complexity index is 803. The molecular weight excluding hydrogens is 337 g/mol. The summed E-state index contributed by atoms with van der Waals surface area (Å²) in [4.78, 5) is 14.7. The number of benzene rings is 2. The van der Waals surface area contributed by atoms with Gasteiger partial charge in [-0.25, -0.2) is 4.39 Å². The van der Waals surface area contributed by atoms with E-state index in [1.807, 2.05) is 30.8 Å². The van der Waals surface area contributed by atoms with Gasteiger partial charge in [-0.05, 0) is 42.3 Å². The van der Waals surface area contributed by atoms with E-state index in [1.54, 1.807) is 0 Å². The second-order valence-corrected chi connectivity index (χ2v) is 7.61. The Morgan fingerprint density at radius 3 is 2.56 bits per heavy atom. The second kappa shape index (κ2) is 6.59.